The van der Waals surface area contributed by atoms with Crippen LogP contribution in [0.25, 0.3) is 33.3 Å². The molecule has 0 N–H and O–H groups in total. The molecule has 3 aromatic carbocycles. The summed E-state index contributed by atoms with van der Waals surface area (Å²) in [7, 11) is 1.59. The van der Waals surface area contributed by atoms with Gasteiger partial charge >= 0.3 is 0 Å². The molecular weight excluding hydrogens is 482 g/mol. The molecule has 0 amide bonds. The summed E-state index contributed by atoms with van der Waals surface area (Å²) in [5, 5.41) is 11.6. The molecule has 6 rings (SSSR count). The van der Waals surface area contributed by atoms with E-state index < -0.39 is 0 Å². The van der Waals surface area contributed by atoms with Crippen molar-refractivity contribution in [3.05, 3.63) is 99.9 Å². The van der Waals surface area contributed by atoms with Crippen LogP contribution in [0.5, 0.6) is 5.75 Å². The number of hydrogen-bond donors (Lipinski definition) is 0. The molecule has 0 aliphatic rings. The second kappa shape index (κ2) is 8.72. The minimum atomic E-state index is -0.174. The van der Waals surface area contributed by atoms with Gasteiger partial charge < -0.3 is 4.74 Å². The molecule has 6 aromatic rings. The topological polar surface area (TPSA) is 74.3 Å². The van der Waals surface area contributed by atoms with Gasteiger partial charge in [-0.15, -0.1) is 10.2 Å². The van der Waals surface area contributed by atoms with Crippen LogP contribution in [0, 0.1) is 0 Å². The van der Waals surface area contributed by atoms with Gasteiger partial charge in [0.25, 0.3) is 5.56 Å². The number of ether oxygens (including phenoxy) is 1. The highest BCUT2D eigenvalue weighted by Gasteiger charge is 2.19. The Balaban J connectivity index is 1.50. The maximum atomic E-state index is 13.5. The zero-order valence-corrected chi connectivity index (χ0v) is 20.1. The number of fused-ring (bicyclic) bond motifs is 4. The van der Waals surface area contributed by atoms with Crippen LogP contribution >= 0.6 is 23.4 Å². The summed E-state index contributed by atoms with van der Waals surface area (Å²) in [6.07, 6.45) is 0. The average Bonchev–Trinajstić information content (AvgIpc) is 3.31. The molecule has 0 bridgehead atoms. The Kier molecular flexibility index (Phi) is 5.39. The number of halogens is 1. The molecule has 3 aromatic heterocycles. The Bertz CT molecular complexity index is 1800. The van der Waals surface area contributed by atoms with Gasteiger partial charge in [-0.3, -0.25) is 9.20 Å². The molecule has 35 heavy (non-hydrogen) atoms. The van der Waals surface area contributed by atoms with Crippen molar-refractivity contribution >= 4 is 50.9 Å². The molecule has 3 heterocycles. The molecule has 9 heteroatoms. The Morgan fingerprint density at radius 3 is 2.69 bits per heavy atom. The Labute approximate surface area is 209 Å². The Hall–Kier alpha value is -3.88. The molecule has 0 radical (unpaired) electrons. The smallest absolute Gasteiger partial charge is 0.267 e. The summed E-state index contributed by atoms with van der Waals surface area (Å²) in [5.74, 6) is 1.62. The highest BCUT2D eigenvalue weighted by atomic mass is 35.5. The SMILES string of the molecule is COc1cccc(-n2c(=O)c3ccccc3n3c(SCc4cc5ccccc5nc4Cl)nnc23)c1. The molecule has 172 valence electrons. The third-order valence-corrected chi connectivity index (χ3v) is 7.12. The number of pyridine rings is 1. The van der Waals surface area contributed by atoms with Crippen LogP contribution in [0.3, 0.4) is 0 Å². The van der Waals surface area contributed by atoms with Crippen molar-refractivity contribution in [2.24, 2.45) is 0 Å². The van der Waals surface area contributed by atoms with E-state index in [1.54, 1.807) is 17.7 Å². The van der Waals surface area contributed by atoms with Crippen molar-refractivity contribution in [1.82, 2.24) is 24.1 Å². The summed E-state index contributed by atoms with van der Waals surface area (Å²) < 4.78 is 8.84. The predicted molar refractivity (Wildman–Crippen MR) is 139 cm³/mol. The molecular formula is C26H18ClN5O2S. The molecule has 0 fully saturated rings. The van der Waals surface area contributed by atoms with Gasteiger partial charge in [-0.05, 0) is 36.4 Å². The molecule has 0 aliphatic carbocycles. The van der Waals surface area contributed by atoms with Gasteiger partial charge in [0.05, 0.1) is 29.2 Å². The number of thioether (sulfide) groups is 1. The van der Waals surface area contributed by atoms with Crippen molar-refractivity contribution in [3.63, 3.8) is 0 Å². The number of hydrogen-bond acceptors (Lipinski definition) is 6. The largest absolute Gasteiger partial charge is 0.497 e. The lowest BCUT2D eigenvalue weighted by molar-refractivity contribution is 0.414. The summed E-state index contributed by atoms with van der Waals surface area (Å²) >= 11 is 7.98. The third-order valence-electron chi connectivity index (χ3n) is 5.81. The van der Waals surface area contributed by atoms with E-state index in [4.69, 9.17) is 16.3 Å². The zero-order chi connectivity index (χ0) is 23.9. The first-order valence-electron chi connectivity index (χ1n) is 10.8. The van der Waals surface area contributed by atoms with Gasteiger partial charge in [0.1, 0.15) is 10.9 Å². The zero-order valence-electron chi connectivity index (χ0n) is 18.6. The average molecular weight is 500 g/mol. The Morgan fingerprint density at radius 1 is 0.971 bits per heavy atom. The molecule has 0 aliphatic heterocycles. The van der Waals surface area contributed by atoms with Crippen LogP contribution in [-0.2, 0) is 5.75 Å². The number of para-hydroxylation sites is 2. The fourth-order valence-electron chi connectivity index (χ4n) is 4.13. The standard InChI is InChI=1S/C26H18ClN5O2S/c1-34-19-9-6-8-18(14-19)31-24(33)20-10-3-5-12-22(20)32-25(31)29-30-26(32)35-15-17-13-16-7-2-4-11-21(16)28-23(17)27/h2-14H,15H2,1H3. The van der Waals surface area contributed by atoms with Crippen molar-refractivity contribution in [2.75, 3.05) is 7.11 Å². The van der Waals surface area contributed by atoms with Gasteiger partial charge in [0, 0.05) is 22.8 Å². The van der Waals surface area contributed by atoms with Gasteiger partial charge in [0.15, 0.2) is 5.16 Å². The molecule has 0 saturated carbocycles. The van der Waals surface area contributed by atoms with Gasteiger partial charge in [-0.1, -0.05) is 59.8 Å². The number of nitrogens with zero attached hydrogens (tertiary/aromatic N) is 5. The van der Waals surface area contributed by atoms with Crippen LogP contribution in [0.1, 0.15) is 5.56 Å². The lowest BCUT2D eigenvalue weighted by Gasteiger charge is -2.12. The van der Waals surface area contributed by atoms with Crippen molar-refractivity contribution in [3.8, 4) is 11.4 Å². The minimum Gasteiger partial charge on any atom is -0.497 e. The van der Waals surface area contributed by atoms with Crippen molar-refractivity contribution < 1.29 is 4.74 Å². The predicted octanol–water partition coefficient (Wildman–Crippen LogP) is 5.54. The normalized spacial score (nSPS) is 11.5. The lowest BCUT2D eigenvalue weighted by atomic mass is 10.2. The monoisotopic (exact) mass is 499 g/mol. The maximum Gasteiger partial charge on any atom is 0.267 e. The number of rotatable bonds is 5. The van der Waals surface area contributed by atoms with E-state index in [0.717, 1.165) is 22.0 Å². The van der Waals surface area contributed by atoms with Crippen LogP contribution in [0.15, 0.2) is 88.8 Å². The quantitative estimate of drug-likeness (QED) is 0.229. The molecule has 0 spiro atoms. The van der Waals surface area contributed by atoms with Gasteiger partial charge in [0.2, 0.25) is 5.78 Å². The van der Waals surface area contributed by atoms with Gasteiger partial charge in [-0.2, -0.15) is 0 Å². The van der Waals surface area contributed by atoms with Crippen LogP contribution < -0.4 is 10.3 Å². The molecule has 0 unspecified atom stereocenters. The van der Waals surface area contributed by atoms with E-state index >= 15 is 0 Å². The molecule has 0 atom stereocenters. The lowest BCUT2D eigenvalue weighted by Crippen LogP contribution is -2.21. The van der Waals surface area contributed by atoms with E-state index in [2.05, 4.69) is 15.2 Å². The molecule has 0 saturated heterocycles. The van der Waals surface area contributed by atoms with Crippen molar-refractivity contribution in [2.45, 2.75) is 10.9 Å². The highest BCUT2D eigenvalue weighted by molar-refractivity contribution is 7.98. The van der Waals surface area contributed by atoms with E-state index in [-0.39, 0.29) is 5.56 Å². The number of benzene rings is 3. The van der Waals surface area contributed by atoms with E-state index in [1.807, 2.05) is 77.2 Å². The van der Waals surface area contributed by atoms with E-state index in [1.165, 1.54) is 11.8 Å². The highest BCUT2D eigenvalue weighted by Crippen LogP contribution is 2.29. The second-order valence-electron chi connectivity index (χ2n) is 7.90. The summed E-state index contributed by atoms with van der Waals surface area (Å²) in [6.45, 7) is 0. The third kappa shape index (κ3) is 3.71. The first kappa shape index (κ1) is 21.6. The fourth-order valence-corrected chi connectivity index (χ4v) is 5.34. The van der Waals surface area contributed by atoms with Crippen LogP contribution in [-0.4, -0.2) is 31.3 Å². The maximum absolute atomic E-state index is 13.5. The fraction of sp³-hybridized carbons (Fsp3) is 0.0769. The Morgan fingerprint density at radius 2 is 1.80 bits per heavy atom. The van der Waals surface area contributed by atoms with E-state index in [9.17, 15) is 4.79 Å². The molecule has 7 nitrogen and oxygen atoms in total. The first-order valence-corrected chi connectivity index (χ1v) is 12.2. The number of methoxy groups -OCH3 is 1. The van der Waals surface area contributed by atoms with Crippen LogP contribution in [0.2, 0.25) is 5.15 Å². The van der Waals surface area contributed by atoms with Gasteiger partial charge in [-0.25, -0.2) is 9.55 Å². The van der Waals surface area contributed by atoms with Crippen LogP contribution in [0.4, 0.5) is 0 Å². The summed E-state index contributed by atoms with van der Waals surface area (Å²) in [6, 6.07) is 24.7. The summed E-state index contributed by atoms with van der Waals surface area (Å²) in [4.78, 5) is 18.0. The second-order valence-corrected chi connectivity index (χ2v) is 9.20. The number of aromatic nitrogens is 5. The minimum absolute atomic E-state index is 0.174. The van der Waals surface area contributed by atoms with Crippen molar-refractivity contribution in [1.29, 1.82) is 0 Å². The van der Waals surface area contributed by atoms with E-state index in [0.29, 0.717) is 38.7 Å². The first-order chi connectivity index (χ1) is 17.1. The summed E-state index contributed by atoms with van der Waals surface area (Å²) in [5.41, 5.74) is 2.97.